The second kappa shape index (κ2) is 7.29. The van der Waals surface area contributed by atoms with E-state index in [1.165, 1.54) is 10.9 Å². The molecule has 0 fully saturated rings. The number of para-hydroxylation sites is 1. The minimum absolute atomic E-state index is 0.302. The summed E-state index contributed by atoms with van der Waals surface area (Å²) >= 11 is 11.9. The van der Waals surface area contributed by atoms with Crippen molar-refractivity contribution in [3.8, 4) is 5.69 Å². The molecule has 0 atom stereocenters. The lowest BCUT2D eigenvalue weighted by molar-refractivity contribution is -0.111. The molecule has 0 radical (unpaired) electrons. The number of carbonyl (C=O) groups is 1. The van der Waals surface area contributed by atoms with Gasteiger partial charge in [-0.25, -0.2) is 0 Å². The maximum absolute atomic E-state index is 12.0. The van der Waals surface area contributed by atoms with E-state index in [1.807, 2.05) is 30.3 Å². The highest BCUT2D eigenvalue weighted by molar-refractivity contribution is 6.44. The highest BCUT2D eigenvalue weighted by Gasteiger charge is 2.06. The number of aromatic nitrogens is 3. The molecule has 0 aliphatic heterocycles. The molecular weight excluding hydrogens is 347 g/mol. The Bertz CT molecular complexity index is 891. The van der Waals surface area contributed by atoms with E-state index in [4.69, 9.17) is 23.2 Å². The Labute approximate surface area is 148 Å². The number of amides is 1. The summed E-state index contributed by atoms with van der Waals surface area (Å²) in [7, 11) is 0. The molecule has 1 N–H and O–H groups in total. The molecule has 5 nitrogen and oxygen atoms in total. The monoisotopic (exact) mass is 358 g/mol. The zero-order valence-corrected chi connectivity index (χ0v) is 13.9. The van der Waals surface area contributed by atoms with E-state index < -0.39 is 0 Å². The van der Waals surface area contributed by atoms with Crippen molar-refractivity contribution in [2.45, 2.75) is 0 Å². The summed E-state index contributed by atoms with van der Waals surface area (Å²) in [5, 5.41) is 11.8. The summed E-state index contributed by atoms with van der Waals surface area (Å²) in [5.74, 6) is -0.339. The van der Waals surface area contributed by atoms with Crippen molar-refractivity contribution in [2.24, 2.45) is 0 Å². The van der Waals surface area contributed by atoms with Gasteiger partial charge in [-0.2, -0.15) is 9.90 Å². The van der Waals surface area contributed by atoms with Gasteiger partial charge in [-0.15, -0.1) is 5.10 Å². The van der Waals surface area contributed by atoms with Crippen LogP contribution in [-0.2, 0) is 4.79 Å². The molecule has 0 saturated heterocycles. The Kier molecular flexibility index (Phi) is 4.93. The number of benzene rings is 2. The van der Waals surface area contributed by atoms with Crippen LogP contribution in [0.1, 0.15) is 5.69 Å². The lowest BCUT2D eigenvalue weighted by Gasteiger charge is -2.05. The normalized spacial score (nSPS) is 10.9. The van der Waals surface area contributed by atoms with Gasteiger partial charge in [0.25, 0.3) is 0 Å². The number of hydrogen-bond donors (Lipinski definition) is 1. The summed E-state index contributed by atoms with van der Waals surface area (Å²) in [4.78, 5) is 13.5. The van der Waals surface area contributed by atoms with E-state index in [-0.39, 0.29) is 5.91 Å². The van der Waals surface area contributed by atoms with Crippen LogP contribution in [0.3, 0.4) is 0 Å². The molecule has 0 aliphatic rings. The fourth-order valence-corrected chi connectivity index (χ4v) is 2.32. The molecule has 0 spiro atoms. The van der Waals surface area contributed by atoms with Crippen molar-refractivity contribution >= 4 is 40.9 Å². The topological polar surface area (TPSA) is 59.8 Å². The largest absolute Gasteiger partial charge is 0.321 e. The predicted octanol–water partition coefficient (Wildman–Crippen LogP) is 4.23. The zero-order chi connectivity index (χ0) is 16.9. The maximum atomic E-state index is 12.0. The average molecular weight is 359 g/mol. The molecule has 0 unspecified atom stereocenters. The number of carbonyl (C=O) groups excluding carboxylic acids is 1. The van der Waals surface area contributed by atoms with Gasteiger partial charge in [0.1, 0.15) is 5.69 Å². The van der Waals surface area contributed by atoms with E-state index in [0.29, 0.717) is 21.4 Å². The van der Waals surface area contributed by atoms with E-state index >= 15 is 0 Å². The Morgan fingerprint density at radius 3 is 2.67 bits per heavy atom. The van der Waals surface area contributed by atoms with Crippen molar-refractivity contribution in [3.63, 3.8) is 0 Å². The first-order chi connectivity index (χ1) is 11.6. The molecule has 1 aromatic heterocycles. The number of nitrogens with one attached hydrogen (secondary N) is 1. The molecule has 0 bridgehead atoms. The lowest BCUT2D eigenvalue weighted by atomic mass is 10.3. The van der Waals surface area contributed by atoms with Crippen molar-refractivity contribution < 1.29 is 4.79 Å². The Hall–Kier alpha value is -2.63. The van der Waals surface area contributed by atoms with Crippen molar-refractivity contribution in [3.05, 3.63) is 76.5 Å². The minimum atomic E-state index is -0.339. The number of nitrogens with zero attached hydrogens (tertiary/aromatic N) is 3. The molecule has 24 heavy (non-hydrogen) atoms. The van der Waals surface area contributed by atoms with Gasteiger partial charge in [-0.3, -0.25) is 4.79 Å². The third-order valence-corrected chi connectivity index (χ3v) is 3.93. The minimum Gasteiger partial charge on any atom is -0.321 e. The molecule has 7 heteroatoms. The van der Waals surface area contributed by atoms with Crippen LogP contribution in [0.5, 0.6) is 0 Å². The van der Waals surface area contributed by atoms with E-state index in [2.05, 4.69) is 15.5 Å². The van der Waals surface area contributed by atoms with Gasteiger partial charge in [0.15, 0.2) is 0 Å². The van der Waals surface area contributed by atoms with Crippen LogP contribution in [0.25, 0.3) is 11.8 Å². The van der Waals surface area contributed by atoms with Crippen LogP contribution in [0.2, 0.25) is 10.0 Å². The number of rotatable bonds is 4. The second-order valence-electron chi connectivity index (χ2n) is 4.82. The van der Waals surface area contributed by atoms with E-state index in [9.17, 15) is 4.79 Å². The standard InChI is InChI=1S/C17H12Cl2N4O/c18-14-7-4-8-15(17(14)19)21-16(24)10-9-12-11-20-23(22-12)13-5-2-1-3-6-13/h1-11H,(H,21,24)/b10-9+. The summed E-state index contributed by atoms with van der Waals surface area (Å²) in [6.45, 7) is 0. The van der Waals surface area contributed by atoms with Crippen molar-refractivity contribution in [1.82, 2.24) is 15.0 Å². The molecule has 3 rings (SSSR count). The van der Waals surface area contributed by atoms with Crippen LogP contribution in [0.4, 0.5) is 5.69 Å². The van der Waals surface area contributed by atoms with E-state index in [0.717, 1.165) is 5.69 Å². The number of hydrogen-bond acceptors (Lipinski definition) is 3. The molecule has 0 aliphatic carbocycles. The summed E-state index contributed by atoms with van der Waals surface area (Å²) in [6.07, 6.45) is 4.50. The highest BCUT2D eigenvalue weighted by atomic mass is 35.5. The molecule has 2 aromatic carbocycles. The first-order valence-corrected chi connectivity index (χ1v) is 7.80. The van der Waals surface area contributed by atoms with Crippen molar-refractivity contribution in [2.75, 3.05) is 5.32 Å². The van der Waals surface area contributed by atoms with Gasteiger partial charge >= 0.3 is 0 Å². The Morgan fingerprint density at radius 2 is 1.88 bits per heavy atom. The Morgan fingerprint density at radius 1 is 1.08 bits per heavy atom. The predicted molar refractivity (Wildman–Crippen MR) is 95.5 cm³/mol. The lowest BCUT2D eigenvalue weighted by Crippen LogP contribution is -2.08. The van der Waals surface area contributed by atoms with Crippen LogP contribution < -0.4 is 5.32 Å². The first kappa shape index (κ1) is 16.2. The molecule has 1 heterocycles. The van der Waals surface area contributed by atoms with Gasteiger partial charge in [0, 0.05) is 6.08 Å². The quantitative estimate of drug-likeness (QED) is 0.710. The van der Waals surface area contributed by atoms with Crippen LogP contribution in [-0.4, -0.2) is 20.9 Å². The van der Waals surface area contributed by atoms with Gasteiger partial charge in [-0.1, -0.05) is 47.5 Å². The molecular formula is C17H12Cl2N4O. The average Bonchev–Trinajstić information content (AvgIpc) is 3.07. The number of anilines is 1. The van der Waals surface area contributed by atoms with Crippen LogP contribution in [0, 0.1) is 0 Å². The van der Waals surface area contributed by atoms with Gasteiger partial charge in [0.05, 0.1) is 27.6 Å². The fourth-order valence-electron chi connectivity index (χ4n) is 1.97. The van der Waals surface area contributed by atoms with Crippen LogP contribution >= 0.6 is 23.2 Å². The molecule has 120 valence electrons. The fraction of sp³-hybridized carbons (Fsp3) is 0. The smallest absolute Gasteiger partial charge is 0.248 e. The van der Waals surface area contributed by atoms with Gasteiger partial charge in [0.2, 0.25) is 5.91 Å². The van der Waals surface area contributed by atoms with Gasteiger partial charge < -0.3 is 5.32 Å². The van der Waals surface area contributed by atoms with Gasteiger partial charge in [-0.05, 0) is 30.3 Å². The highest BCUT2D eigenvalue weighted by Crippen LogP contribution is 2.29. The van der Waals surface area contributed by atoms with Crippen LogP contribution in [0.15, 0.2) is 60.8 Å². The second-order valence-corrected chi connectivity index (χ2v) is 5.60. The zero-order valence-electron chi connectivity index (χ0n) is 12.4. The SMILES string of the molecule is O=C(/C=C/c1cnn(-c2ccccc2)n1)Nc1cccc(Cl)c1Cl. The third-order valence-electron chi connectivity index (χ3n) is 3.11. The number of halogens is 2. The summed E-state index contributed by atoms with van der Waals surface area (Å²) in [6, 6.07) is 14.5. The Balaban J connectivity index is 1.69. The molecule has 0 saturated carbocycles. The molecule has 1 amide bonds. The summed E-state index contributed by atoms with van der Waals surface area (Å²) < 4.78 is 0. The summed E-state index contributed by atoms with van der Waals surface area (Å²) in [5.41, 5.74) is 1.85. The van der Waals surface area contributed by atoms with Crippen molar-refractivity contribution in [1.29, 1.82) is 0 Å². The first-order valence-electron chi connectivity index (χ1n) is 7.04. The maximum Gasteiger partial charge on any atom is 0.248 e. The molecule has 3 aromatic rings. The third kappa shape index (κ3) is 3.82. The van der Waals surface area contributed by atoms with E-state index in [1.54, 1.807) is 30.5 Å².